The fourth-order valence-electron chi connectivity index (χ4n) is 8.17. The summed E-state index contributed by atoms with van der Waals surface area (Å²) in [6.45, 7) is 11.4. The van der Waals surface area contributed by atoms with Gasteiger partial charge in [0, 0.05) is 19.3 Å². The van der Waals surface area contributed by atoms with Crippen LogP contribution >= 0.6 is 0 Å². The van der Waals surface area contributed by atoms with Crippen molar-refractivity contribution in [3.8, 4) is 0 Å². The minimum absolute atomic E-state index is 0.0634. The molecule has 6 heteroatoms. The van der Waals surface area contributed by atoms with Crippen LogP contribution in [0, 0.1) is 11.8 Å². The van der Waals surface area contributed by atoms with Crippen molar-refractivity contribution in [2.75, 3.05) is 13.2 Å². The van der Waals surface area contributed by atoms with Gasteiger partial charge in [0.15, 0.2) is 6.10 Å². The van der Waals surface area contributed by atoms with Crippen LogP contribution in [0.25, 0.3) is 0 Å². The predicted molar refractivity (Wildman–Crippen MR) is 256 cm³/mol. The lowest BCUT2D eigenvalue weighted by Gasteiger charge is -2.18. The fraction of sp³-hybridized carbons (Fsp3) is 0.944. The van der Waals surface area contributed by atoms with E-state index in [9.17, 15) is 14.4 Å². The molecule has 0 aromatic carbocycles. The SMILES string of the molecule is CCCCCCCCCCCCCC(=O)O[C@@H](COC(=O)CCCCCCCCCCCCCCCCCC(C)C)COC(=O)CCCCCCCCCCCCC(C)C. The molecule has 1 atom stereocenters. The third-order valence-electron chi connectivity index (χ3n) is 12.2. The van der Waals surface area contributed by atoms with E-state index in [0.29, 0.717) is 19.3 Å². The second kappa shape index (κ2) is 46.9. The van der Waals surface area contributed by atoms with Gasteiger partial charge in [0.25, 0.3) is 0 Å². The van der Waals surface area contributed by atoms with Gasteiger partial charge in [-0.2, -0.15) is 0 Å². The topological polar surface area (TPSA) is 78.9 Å². The van der Waals surface area contributed by atoms with Crippen LogP contribution < -0.4 is 0 Å². The van der Waals surface area contributed by atoms with Crippen LogP contribution in [-0.4, -0.2) is 37.2 Å². The predicted octanol–water partition coefficient (Wildman–Crippen LogP) is 17.3. The van der Waals surface area contributed by atoms with Gasteiger partial charge in [-0.05, 0) is 31.1 Å². The summed E-state index contributed by atoms with van der Waals surface area (Å²) >= 11 is 0. The molecule has 0 heterocycles. The van der Waals surface area contributed by atoms with E-state index >= 15 is 0 Å². The Hall–Kier alpha value is -1.59. The highest BCUT2D eigenvalue weighted by Gasteiger charge is 2.19. The van der Waals surface area contributed by atoms with E-state index in [4.69, 9.17) is 14.2 Å². The lowest BCUT2D eigenvalue weighted by atomic mass is 10.0. The van der Waals surface area contributed by atoms with Gasteiger partial charge in [-0.1, -0.05) is 259 Å². The van der Waals surface area contributed by atoms with Crippen LogP contribution in [0.15, 0.2) is 0 Å². The van der Waals surface area contributed by atoms with Gasteiger partial charge in [0.05, 0.1) is 0 Å². The molecule has 0 saturated carbocycles. The van der Waals surface area contributed by atoms with E-state index < -0.39 is 6.10 Å². The van der Waals surface area contributed by atoms with Crippen LogP contribution in [0.3, 0.4) is 0 Å². The molecule has 0 aliphatic heterocycles. The largest absolute Gasteiger partial charge is 0.462 e. The molecular weight excluding hydrogens is 745 g/mol. The van der Waals surface area contributed by atoms with Crippen molar-refractivity contribution >= 4 is 17.9 Å². The maximum atomic E-state index is 12.8. The summed E-state index contributed by atoms with van der Waals surface area (Å²) in [7, 11) is 0. The number of unbranched alkanes of at least 4 members (excludes halogenated alkanes) is 33. The van der Waals surface area contributed by atoms with E-state index in [1.165, 1.54) is 186 Å². The highest BCUT2D eigenvalue weighted by Crippen LogP contribution is 2.18. The van der Waals surface area contributed by atoms with E-state index in [1.807, 2.05) is 0 Å². The molecule has 0 saturated heterocycles. The average Bonchev–Trinajstić information content (AvgIpc) is 3.22. The van der Waals surface area contributed by atoms with Gasteiger partial charge in [0.1, 0.15) is 13.2 Å². The average molecular weight is 849 g/mol. The first-order valence-corrected chi connectivity index (χ1v) is 26.7. The van der Waals surface area contributed by atoms with E-state index in [-0.39, 0.29) is 31.1 Å². The van der Waals surface area contributed by atoms with Crippen LogP contribution in [0.2, 0.25) is 0 Å². The molecule has 0 rings (SSSR count). The van der Waals surface area contributed by atoms with Crippen LogP contribution in [0.4, 0.5) is 0 Å². The molecule has 6 nitrogen and oxygen atoms in total. The summed E-state index contributed by atoms with van der Waals surface area (Å²) in [5.74, 6) is 0.821. The Morgan fingerprint density at radius 3 is 0.817 bits per heavy atom. The molecule has 0 radical (unpaired) electrons. The Morgan fingerprint density at radius 1 is 0.317 bits per heavy atom. The maximum absolute atomic E-state index is 12.8. The number of hydrogen-bond donors (Lipinski definition) is 0. The Morgan fingerprint density at radius 2 is 0.550 bits per heavy atom. The standard InChI is InChI=1S/C54H104O6/c1-6-7-8-9-10-11-17-26-31-36-41-46-54(57)60-51(48-59-53(56)45-40-35-30-25-21-20-23-28-33-38-43-50(4)5)47-58-52(55)44-39-34-29-24-19-16-14-12-13-15-18-22-27-32-37-42-49(2)3/h49-51H,6-48H2,1-5H3/t51-/m0/s1. The summed E-state index contributed by atoms with van der Waals surface area (Å²) in [4.78, 5) is 37.9. The molecule has 0 bridgehead atoms. The minimum atomic E-state index is -0.761. The van der Waals surface area contributed by atoms with Crippen molar-refractivity contribution in [1.82, 2.24) is 0 Å². The highest BCUT2D eigenvalue weighted by molar-refractivity contribution is 5.71. The first kappa shape index (κ1) is 58.4. The van der Waals surface area contributed by atoms with E-state index in [1.54, 1.807) is 0 Å². The van der Waals surface area contributed by atoms with Gasteiger partial charge in [-0.15, -0.1) is 0 Å². The zero-order valence-electron chi connectivity index (χ0n) is 41.1. The third kappa shape index (κ3) is 47.5. The van der Waals surface area contributed by atoms with Gasteiger partial charge < -0.3 is 14.2 Å². The van der Waals surface area contributed by atoms with Crippen LogP contribution in [0.1, 0.15) is 298 Å². The molecule has 0 fully saturated rings. The fourth-order valence-corrected chi connectivity index (χ4v) is 8.17. The monoisotopic (exact) mass is 849 g/mol. The second-order valence-corrected chi connectivity index (χ2v) is 19.5. The zero-order chi connectivity index (χ0) is 44.0. The maximum Gasteiger partial charge on any atom is 0.306 e. The third-order valence-corrected chi connectivity index (χ3v) is 12.2. The molecule has 0 amide bonds. The molecule has 0 aliphatic rings. The molecule has 0 N–H and O–H groups in total. The Labute approximate surface area is 374 Å². The number of ether oxygens (including phenoxy) is 3. The van der Waals surface area contributed by atoms with Gasteiger partial charge in [0.2, 0.25) is 0 Å². The first-order valence-electron chi connectivity index (χ1n) is 26.7. The number of hydrogen-bond acceptors (Lipinski definition) is 6. The van der Waals surface area contributed by atoms with Gasteiger partial charge >= 0.3 is 17.9 Å². The number of carbonyl (C=O) groups excluding carboxylic acids is 3. The summed E-state index contributed by atoms with van der Waals surface area (Å²) < 4.78 is 16.8. The smallest absolute Gasteiger partial charge is 0.306 e. The van der Waals surface area contributed by atoms with E-state index in [0.717, 1.165) is 69.6 Å². The molecule has 60 heavy (non-hydrogen) atoms. The highest BCUT2D eigenvalue weighted by atomic mass is 16.6. The van der Waals surface area contributed by atoms with Gasteiger partial charge in [-0.3, -0.25) is 14.4 Å². The summed E-state index contributed by atoms with van der Waals surface area (Å²) in [5.41, 5.74) is 0. The van der Waals surface area contributed by atoms with Crippen molar-refractivity contribution in [1.29, 1.82) is 0 Å². The number of carbonyl (C=O) groups is 3. The number of esters is 3. The summed E-state index contributed by atoms with van der Waals surface area (Å²) in [6.07, 6.45) is 48.0. The molecule has 0 aromatic rings. The van der Waals surface area contributed by atoms with Crippen molar-refractivity contribution in [2.45, 2.75) is 304 Å². The molecule has 356 valence electrons. The normalized spacial score (nSPS) is 12.1. The van der Waals surface area contributed by atoms with Crippen molar-refractivity contribution < 1.29 is 28.6 Å². The molecule has 0 spiro atoms. The lowest BCUT2D eigenvalue weighted by molar-refractivity contribution is -0.167. The minimum Gasteiger partial charge on any atom is -0.462 e. The van der Waals surface area contributed by atoms with Crippen LogP contribution in [0.5, 0.6) is 0 Å². The van der Waals surface area contributed by atoms with Crippen molar-refractivity contribution in [3.05, 3.63) is 0 Å². The van der Waals surface area contributed by atoms with Gasteiger partial charge in [-0.25, -0.2) is 0 Å². The Balaban J connectivity index is 4.26. The Kier molecular flexibility index (Phi) is 45.7. The van der Waals surface area contributed by atoms with E-state index in [2.05, 4.69) is 34.6 Å². The molecular formula is C54H104O6. The zero-order valence-corrected chi connectivity index (χ0v) is 41.1. The molecule has 0 unspecified atom stereocenters. The second-order valence-electron chi connectivity index (χ2n) is 19.5. The van der Waals surface area contributed by atoms with Crippen molar-refractivity contribution in [3.63, 3.8) is 0 Å². The van der Waals surface area contributed by atoms with Crippen LogP contribution in [-0.2, 0) is 28.6 Å². The quantitative estimate of drug-likeness (QED) is 0.0345. The lowest BCUT2D eigenvalue weighted by Crippen LogP contribution is -2.30. The summed E-state index contributed by atoms with van der Waals surface area (Å²) in [5, 5.41) is 0. The molecule has 0 aromatic heterocycles. The van der Waals surface area contributed by atoms with Crippen molar-refractivity contribution in [2.24, 2.45) is 11.8 Å². The molecule has 0 aliphatic carbocycles. The Bertz CT molecular complexity index is 916. The first-order chi connectivity index (χ1) is 29.2. The summed E-state index contributed by atoms with van der Waals surface area (Å²) in [6, 6.07) is 0. The number of rotatable bonds is 48.